The SMILES string of the molecule is CCCCn1c(CN(Cc2ccccc2)Cc2ccc(N)c(C)c2)cnc1-c1ccccc1. The molecule has 0 unspecified atom stereocenters. The van der Waals surface area contributed by atoms with E-state index in [4.69, 9.17) is 10.7 Å². The molecule has 1 heterocycles. The van der Waals surface area contributed by atoms with E-state index in [1.807, 2.05) is 6.07 Å². The molecule has 4 nitrogen and oxygen atoms in total. The smallest absolute Gasteiger partial charge is 0.140 e. The fraction of sp³-hybridized carbons (Fsp3) is 0.276. The summed E-state index contributed by atoms with van der Waals surface area (Å²) in [6.45, 7) is 7.87. The average molecular weight is 439 g/mol. The summed E-state index contributed by atoms with van der Waals surface area (Å²) in [5.74, 6) is 1.06. The van der Waals surface area contributed by atoms with E-state index in [0.29, 0.717) is 0 Å². The molecule has 0 aliphatic carbocycles. The van der Waals surface area contributed by atoms with Crippen LogP contribution < -0.4 is 5.73 Å². The van der Waals surface area contributed by atoms with Crippen LogP contribution in [-0.4, -0.2) is 14.5 Å². The Labute approximate surface area is 197 Å². The number of nitrogens with two attached hydrogens (primary N) is 1. The van der Waals surface area contributed by atoms with Crippen molar-refractivity contribution in [2.24, 2.45) is 0 Å². The number of rotatable bonds is 10. The lowest BCUT2D eigenvalue weighted by Gasteiger charge is -2.24. The summed E-state index contributed by atoms with van der Waals surface area (Å²) in [4.78, 5) is 7.35. The summed E-state index contributed by atoms with van der Waals surface area (Å²) >= 11 is 0. The van der Waals surface area contributed by atoms with Gasteiger partial charge in [-0.1, -0.05) is 86.1 Å². The van der Waals surface area contributed by atoms with Gasteiger partial charge >= 0.3 is 0 Å². The van der Waals surface area contributed by atoms with E-state index in [1.165, 1.54) is 22.4 Å². The van der Waals surface area contributed by atoms with Gasteiger partial charge in [-0.05, 0) is 36.1 Å². The van der Waals surface area contributed by atoms with E-state index in [-0.39, 0.29) is 0 Å². The lowest BCUT2D eigenvalue weighted by molar-refractivity contribution is 0.241. The molecular formula is C29H34N4. The molecule has 2 N–H and O–H groups in total. The Morgan fingerprint density at radius 3 is 2.24 bits per heavy atom. The van der Waals surface area contributed by atoms with Gasteiger partial charge in [-0.3, -0.25) is 4.90 Å². The predicted octanol–water partition coefficient (Wildman–Crippen LogP) is 6.44. The second-order valence-electron chi connectivity index (χ2n) is 8.77. The third-order valence-electron chi connectivity index (χ3n) is 6.08. The van der Waals surface area contributed by atoms with Gasteiger partial charge in [0.15, 0.2) is 0 Å². The Hall–Kier alpha value is -3.37. The second kappa shape index (κ2) is 11.0. The van der Waals surface area contributed by atoms with E-state index < -0.39 is 0 Å². The topological polar surface area (TPSA) is 47.1 Å². The van der Waals surface area contributed by atoms with E-state index in [1.54, 1.807) is 0 Å². The van der Waals surface area contributed by atoms with Crippen molar-refractivity contribution in [2.75, 3.05) is 5.73 Å². The fourth-order valence-electron chi connectivity index (χ4n) is 4.25. The van der Waals surface area contributed by atoms with Crippen LogP contribution in [0.25, 0.3) is 11.4 Å². The monoisotopic (exact) mass is 438 g/mol. The largest absolute Gasteiger partial charge is 0.399 e. The lowest BCUT2D eigenvalue weighted by atomic mass is 10.1. The molecule has 170 valence electrons. The van der Waals surface area contributed by atoms with Crippen molar-refractivity contribution in [1.82, 2.24) is 14.5 Å². The van der Waals surface area contributed by atoms with Crippen molar-refractivity contribution in [3.63, 3.8) is 0 Å². The van der Waals surface area contributed by atoms with E-state index in [2.05, 4.69) is 102 Å². The molecule has 4 rings (SSSR count). The summed E-state index contributed by atoms with van der Waals surface area (Å²) < 4.78 is 2.41. The predicted molar refractivity (Wildman–Crippen MR) is 138 cm³/mol. The molecular weight excluding hydrogens is 404 g/mol. The highest BCUT2D eigenvalue weighted by molar-refractivity contribution is 5.56. The zero-order valence-electron chi connectivity index (χ0n) is 19.7. The number of nitrogen functional groups attached to an aromatic ring is 1. The van der Waals surface area contributed by atoms with Crippen LogP contribution in [0.15, 0.2) is 85.1 Å². The van der Waals surface area contributed by atoms with E-state index in [9.17, 15) is 0 Å². The second-order valence-corrected chi connectivity index (χ2v) is 8.77. The van der Waals surface area contributed by atoms with Crippen LogP contribution in [0.4, 0.5) is 5.69 Å². The van der Waals surface area contributed by atoms with Gasteiger partial charge in [-0.25, -0.2) is 4.98 Å². The van der Waals surface area contributed by atoms with E-state index >= 15 is 0 Å². The number of hydrogen-bond acceptors (Lipinski definition) is 3. The first-order valence-corrected chi connectivity index (χ1v) is 11.8. The van der Waals surface area contributed by atoms with Gasteiger partial charge in [0.05, 0.1) is 11.9 Å². The third kappa shape index (κ3) is 5.91. The van der Waals surface area contributed by atoms with Crippen molar-refractivity contribution in [1.29, 1.82) is 0 Å². The number of anilines is 1. The summed E-state index contributed by atoms with van der Waals surface area (Å²) in [6, 6.07) is 27.6. The highest BCUT2D eigenvalue weighted by Gasteiger charge is 2.16. The Balaban J connectivity index is 1.64. The first-order valence-electron chi connectivity index (χ1n) is 11.8. The minimum atomic E-state index is 0.835. The lowest BCUT2D eigenvalue weighted by Crippen LogP contribution is -2.24. The molecule has 0 radical (unpaired) electrons. The normalized spacial score (nSPS) is 11.2. The summed E-state index contributed by atoms with van der Waals surface area (Å²) in [7, 11) is 0. The first kappa shape index (κ1) is 22.8. The van der Waals surface area contributed by atoms with Crippen LogP contribution in [0.3, 0.4) is 0 Å². The van der Waals surface area contributed by atoms with Crippen LogP contribution in [0, 0.1) is 6.92 Å². The first-order chi connectivity index (χ1) is 16.1. The van der Waals surface area contributed by atoms with Crippen LogP contribution >= 0.6 is 0 Å². The van der Waals surface area contributed by atoms with Gasteiger partial charge in [-0.2, -0.15) is 0 Å². The minimum absolute atomic E-state index is 0.835. The molecule has 0 bridgehead atoms. The summed E-state index contributed by atoms with van der Waals surface area (Å²) in [6.07, 6.45) is 4.35. The van der Waals surface area contributed by atoms with Crippen molar-refractivity contribution in [2.45, 2.75) is 52.9 Å². The van der Waals surface area contributed by atoms with Crippen LogP contribution in [0.5, 0.6) is 0 Å². The fourth-order valence-corrected chi connectivity index (χ4v) is 4.25. The van der Waals surface area contributed by atoms with Crippen LogP contribution in [0.1, 0.15) is 42.1 Å². The summed E-state index contributed by atoms with van der Waals surface area (Å²) in [5, 5.41) is 0. The maximum absolute atomic E-state index is 6.07. The molecule has 0 aliphatic heterocycles. The maximum atomic E-state index is 6.07. The van der Waals surface area contributed by atoms with Crippen molar-refractivity contribution in [3.05, 3.63) is 107 Å². The van der Waals surface area contributed by atoms with Gasteiger partial charge in [0.25, 0.3) is 0 Å². The third-order valence-corrected chi connectivity index (χ3v) is 6.08. The molecule has 1 aromatic heterocycles. The number of benzene rings is 3. The molecule has 0 amide bonds. The molecule has 0 atom stereocenters. The quantitative estimate of drug-likeness (QED) is 0.290. The van der Waals surface area contributed by atoms with Gasteiger partial charge in [0, 0.05) is 37.4 Å². The number of nitrogens with zero attached hydrogens (tertiary/aromatic N) is 3. The highest BCUT2D eigenvalue weighted by Crippen LogP contribution is 2.23. The molecule has 0 saturated carbocycles. The molecule has 33 heavy (non-hydrogen) atoms. The van der Waals surface area contributed by atoms with Crippen LogP contribution in [0.2, 0.25) is 0 Å². The molecule has 0 fully saturated rings. The maximum Gasteiger partial charge on any atom is 0.140 e. The van der Waals surface area contributed by atoms with Crippen molar-refractivity contribution >= 4 is 5.69 Å². The number of aromatic nitrogens is 2. The number of aryl methyl sites for hydroxylation is 1. The molecule has 0 saturated heterocycles. The number of hydrogen-bond donors (Lipinski definition) is 1. The highest BCUT2D eigenvalue weighted by atomic mass is 15.2. The molecule has 0 spiro atoms. The molecule has 4 heteroatoms. The standard InChI is InChI=1S/C29H34N4/c1-3-4-17-33-27(19-31-29(33)26-13-9-6-10-14-26)22-32(20-24-11-7-5-8-12-24)21-25-15-16-28(30)23(2)18-25/h5-16,18-19H,3-4,17,20-22,30H2,1-2H3. The van der Waals surface area contributed by atoms with Gasteiger partial charge in [0.1, 0.15) is 5.82 Å². The minimum Gasteiger partial charge on any atom is -0.399 e. The number of unbranched alkanes of at least 4 members (excludes halogenated alkanes) is 1. The Bertz CT molecular complexity index is 1150. The molecule has 3 aromatic carbocycles. The zero-order chi connectivity index (χ0) is 23.0. The number of imidazole rings is 1. The van der Waals surface area contributed by atoms with Crippen molar-refractivity contribution in [3.8, 4) is 11.4 Å². The van der Waals surface area contributed by atoms with E-state index in [0.717, 1.165) is 56.1 Å². The zero-order valence-corrected chi connectivity index (χ0v) is 19.7. The van der Waals surface area contributed by atoms with Crippen molar-refractivity contribution < 1.29 is 0 Å². The Morgan fingerprint density at radius 1 is 0.848 bits per heavy atom. The average Bonchev–Trinajstić information content (AvgIpc) is 3.23. The van der Waals surface area contributed by atoms with Crippen LogP contribution in [-0.2, 0) is 26.2 Å². The Morgan fingerprint density at radius 2 is 1.55 bits per heavy atom. The van der Waals surface area contributed by atoms with Gasteiger partial charge in [0.2, 0.25) is 0 Å². The molecule has 4 aromatic rings. The molecule has 0 aliphatic rings. The van der Waals surface area contributed by atoms with Gasteiger partial charge in [-0.15, -0.1) is 0 Å². The Kier molecular flexibility index (Phi) is 7.59. The van der Waals surface area contributed by atoms with Gasteiger partial charge < -0.3 is 10.3 Å². The summed E-state index contributed by atoms with van der Waals surface area (Å²) in [5.41, 5.74) is 13.1.